The van der Waals surface area contributed by atoms with Gasteiger partial charge in [-0.2, -0.15) is 13.2 Å². The van der Waals surface area contributed by atoms with Crippen LogP contribution in [0, 0.1) is 0 Å². The minimum absolute atomic E-state index is 0.281. The SMILES string of the molecule is CCC(Oc1ccc(C(=O)NC[C@H](O)C(=O)O)cc1)c1ccc(-c2ccc(C(F)(F)F)cc2)cc1. The molecule has 0 heterocycles. The number of aliphatic hydroxyl groups excluding tert-OH is 1. The fourth-order valence-electron chi connectivity index (χ4n) is 3.36. The van der Waals surface area contributed by atoms with Crippen LogP contribution in [-0.2, 0) is 11.0 Å². The van der Waals surface area contributed by atoms with Crippen molar-refractivity contribution in [3.63, 3.8) is 0 Å². The third-order valence-corrected chi connectivity index (χ3v) is 5.33. The van der Waals surface area contributed by atoms with Crippen molar-refractivity contribution in [1.82, 2.24) is 5.32 Å². The van der Waals surface area contributed by atoms with Gasteiger partial charge in [-0.1, -0.05) is 43.3 Å². The minimum Gasteiger partial charge on any atom is -0.486 e. The lowest BCUT2D eigenvalue weighted by atomic mass is 10.00. The molecule has 0 fully saturated rings. The van der Waals surface area contributed by atoms with Crippen LogP contribution in [0.3, 0.4) is 0 Å². The largest absolute Gasteiger partial charge is 0.486 e. The summed E-state index contributed by atoms with van der Waals surface area (Å²) in [7, 11) is 0. The lowest BCUT2D eigenvalue weighted by Gasteiger charge is -2.19. The summed E-state index contributed by atoms with van der Waals surface area (Å²) in [6, 6.07) is 18.6. The molecule has 1 amide bonds. The summed E-state index contributed by atoms with van der Waals surface area (Å²) >= 11 is 0. The Bertz CT molecular complexity index is 1140. The van der Waals surface area contributed by atoms with Crippen molar-refractivity contribution in [1.29, 1.82) is 0 Å². The molecule has 3 aromatic rings. The summed E-state index contributed by atoms with van der Waals surface area (Å²) in [5.41, 5.74) is 1.92. The second-order valence-electron chi connectivity index (χ2n) is 7.80. The van der Waals surface area contributed by atoms with E-state index in [1.165, 1.54) is 24.3 Å². The monoisotopic (exact) mass is 487 g/mol. The molecule has 0 bridgehead atoms. The van der Waals surface area contributed by atoms with E-state index in [0.717, 1.165) is 23.3 Å². The van der Waals surface area contributed by atoms with Crippen LogP contribution in [0.25, 0.3) is 11.1 Å². The Morgan fingerprint density at radius 1 is 0.914 bits per heavy atom. The molecular formula is C26H24F3NO5. The van der Waals surface area contributed by atoms with Crippen molar-refractivity contribution in [2.45, 2.75) is 31.7 Å². The quantitative estimate of drug-likeness (QED) is 0.391. The van der Waals surface area contributed by atoms with Gasteiger partial charge in [-0.15, -0.1) is 0 Å². The number of halogens is 3. The number of benzene rings is 3. The van der Waals surface area contributed by atoms with Crippen molar-refractivity contribution >= 4 is 11.9 Å². The van der Waals surface area contributed by atoms with Gasteiger partial charge in [0.2, 0.25) is 0 Å². The number of aliphatic hydroxyl groups is 1. The van der Waals surface area contributed by atoms with Gasteiger partial charge in [0.15, 0.2) is 6.10 Å². The van der Waals surface area contributed by atoms with Gasteiger partial charge < -0.3 is 20.3 Å². The van der Waals surface area contributed by atoms with Gasteiger partial charge in [0.05, 0.1) is 12.1 Å². The van der Waals surface area contributed by atoms with Crippen molar-refractivity contribution in [2.24, 2.45) is 0 Å². The van der Waals surface area contributed by atoms with Gasteiger partial charge in [-0.05, 0) is 59.5 Å². The van der Waals surface area contributed by atoms with Crippen LogP contribution in [0.2, 0.25) is 0 Å². The summed E-state index contributed by atoms with van der Waals surface area (Å²) in [4.78, 5) is 22.7. The van der Waals surface area contributed by atoms with E-state index in [2.05, 4.69) is 5.32 Å². The first-order chi connectivity index (χ1) is 16.6. The molecule has 9 heteroatoms. The number of aliphatic carboxylic acids is 1. The van der Waals surface area contributed by atoms with E-state index in [0.29, 0.717) is 17.7 Å². The highest BCUT2D eigenvalue weighted by Crippen LogP contribution is 2.32. The minimum atomic E-state index is -4.38. The molecule has 0 aliphatic carbocycles. The molecule has 3 N–H and O–H groups in total. The summed E-state index contributed by atoms with van der Waals surface area (Å²) in [6.45, 7) is 1.54. The average Bonchev–Trinajstić information content (AvgIpc) is 2.85. The number of ether oxygens (including phenoxy) is 1. The van der Waals surface area contributed by atoms with E-state index < -0.39 is 36.3 Å². The number of carboxylic acid groups (broad SMARTS) is 1. The van der Waals surface area contributed by atoms with Gasteiger partial charge in [0.1, 0.15) is 11.9 Å². The predicted octanol–water partition coefficient (Wildman–Crippen LogP) is 5.08. The standard InChI is InChI=1S/C26H24F3NO5/c1-2-23(35-21-13-9-19(10-14-21)24(32)30-15-22(31)25(33)34)18-5-3-16(4-6-18)17-7-11-20(12-8-17)26(27,28)29/h3-14,22-23,31H,2,15H2,1H3,(H,30,32)(H,33,34)/t22-,23?/m0/s1. The van der Waals surface area contributed by atoms with Crippen LogP contribution in [0.4, 0.5) is 13.2 Å². The van der Waals surface area contributed by atoms with E-state index in [1.54, 1.807) is 12.1 Å². The number of alkyl halides is 3. The molecule has 0 aromatic heterocycles. The number of hydrogen-bond donors (Lipinski definition) is 3. The van der Waals surface area contributed by atoms with Crippen LogP contribution in [0.5, 0.6) is 5.75 Å². The zero-order valence-electron chi connectivity index (χ0n) is 18.8. The van der Waals surface area contributed by atoms with Gasteiger partial charge in [-0.3, -0.25) is 4.79 Å². The molecule has 35 heavy (non-hydrogen) atoms. The molecule has 3 rings (SSSR count). The Balaban J connectivity index is 1.64. The van der Waals surface area contributed by atoms with E-state index >= 15 is 0 Å². The third-order valence-electron chi connectivity index (χ3n) is 5.33. The van der Waals surface area contributed by atoms with E-state index in [9.17, 15) is 27.9 Å². The molecule has 0 aliphatic heterocycles. The van der Waals surface area contributed by atoms with Crippen molar-refractivity contribution in [3.05, 3.63) is 89.5 Å². The highest BCUT2D eigenvalue weighted by molar-refractivity contribution is 5.94. The Morgan fingerprint density at radius 2 is 1.46 bits per heavy atom. The van der Waals surface area contributed by atoms with E-state index in [-0.39, 0.29) is 11.7 Å². The third kappa shape index (κ3) is 6.83. The molecule has 0 aliphatic rings. The summed E-state index contributed by atoms with van der Waals surface area (Å²) in [6.07, 6.45) is -5.70. The van der Waals surface area contributed by atoms with Crippen LogP contribution < -0.4 is 10.1 Å². The molecular weight excluding hydrogens is 463 g/mol. The van der Waals surface area contributed by atoms with Crippen molar-refractivity contribution in [3.8, 4) is 16.9 Å². The molecule has 0 spiro atoms. The second kappa shape index (κ2) is 11.1. The Labute approximate surface area is 200 Å². The average molecular weight is 487 g/mol. The Morgan fingerprint density at radius 3 is 1.94 bits per heavy atom. The Hall–Kier alpha value is -3.85. The number of carboxylic acids is 1. The molecule has 2 atom stereocenters. The maximum Gasteiger partial charge on any atom is 0.416 e. The fourth-order valence-corrected chi connectivity index (χ4v) is 3.36. The molecule has 3 aromatic carbocycles. The predicted molar refractivity (Wildman–Crippen MR) is 123 cm³/mol. The number of nitrogens with one attached hydrogen (secondary N) is 1. The second-order valence-corrected chi connectivity index (χ2v) is 7.80. The molecule has 6 nitrogen and oxygen atoms in total. The van der Waals surface area contributed by atoms with Gasteiger partial charge in [0, 0.05) is 5.56 Å². The first-order valence-electron chi connectivity index (χ1n) is 10.8. The molecule has 0 radical (unpaired) electrons. The highest BCUT2D eigenvalue weighted by atomic mass is 19.4. The number of rotatable bonds is 9. The number of carbonyl (C=O) groups is 2. The Kier molecular flexibility index (Phi) is 8.14. The van der Waals surface area contributed by atoms with E-state index in [1.807, 2.05) is 31.2 Å². The lowest BCUT2D eigenvalue weighted by molar-refractivity contribution is -0.146. The van der Waals surface area contributed by atoms with Crippen molar-refractivity contribution < 1.29 is 37.7 Å². The maximum absolute atomic E-state index is 12.8. The maximum atomic E-state index is 12.8. The van der Waals surface area contributed by atoms with Crippen LogP contribution in [0.1, 0.15) is 40.9 Å². The smallest absolute Gasteiger partial charge is 0.416 e. The highest BCUT2D eigenvalue weighted by Gasteiger charge is 2.30. The van der Waals surface area contributed by atoms with E-state index in [4.69, 9.17) is 9.84 Å². The topological polar surface area (TPSA) is 95.9 Å². The van der Waals surface area contributed by atoms with Crippen molar-refractivity contribution in [2.75, 3.05) is 6.54 Å². The first-order valence-corrected chi connectivity index (χ1v) is 10.8. The zero-order valence-corrected chi connectivity index (χ0v) is 18.8. The van der Waals surface area contributed by atoms with Gasteiger partial charge in [0.25, 0.3) is 5.91 Å². The van der Waals surface area contributed by atoms with Gasteiger partial charge >= 0.3 is 12.1 Å². The number of carbonyl (C=O) groups excluding carboxylic acids is 1. The van der Waals surface area contributed by atoms with Crippen LogP contribution >= 0.6 is 0 Å². The van der Waals surface area contributed by atoms with Crippen LogP contribution in [-0.4, -0.2) is 34.7 Å². The summed E-state index contributed by atoms with van der Waals surface area (Å²) < 4.78 is 44.4. The lowest BCUT2D eigenvalue weighted by Crippen LogP contribution is -2.36. The summed E-state index contributed by atoms with van der Waals surface area (Å²) in [5.74, 6) is -1.43. The molecule has 184 valence electrons. The first kappa shape index (κ1) is 25.8. The molecule has 0 saturated carbocycles. The van der Waals surface area contributed by atoms with Crippen LogP contribution in [0.15, 0.2) is 72.8 Å². The fraction of sp³-hybridized carbons (Fsp3) is 0.231. The normalized spacial score (nSPS) is 13.1. The molecule has 1 unspecified atom stereocenters. The number of hydrogen-bond acceptors (Lipinski definition) is 4. The molecule has 0 saturated heterocycles. The number of amides is 1. The summed E-state index contributed by atoms with van der Waals surface area (Å²) in [5, 5.41) is 20.2. The zero-order chi connectivity index (χ0) is 25.6. The van der Waals surface area contributed by atoms with Gasteiger partial charge in [-0.25, -0.2) is 4.79 Å².